The predicted octanol–water partition coefficient (Wildman–Crippen LogP) is 2.99. The Morgan fingerprint density at radius 3 is 2.70 bits per heavy atom. The maximum absolute atomic E-state index is 13.7. The lowest BCUT2D eigenvalue weighted by molar-refractivity contribution is 0.00991. The van der Waals surface area contributed by atoms with Crippen LogP contribution >= 0.6 is 0 Å². The number of piperidine rings is 1. The molecule has 5 nitrogen and oxygen atoms in total. The number of guanidine groups is 1. The molecule has 0 radical (unpaired) electrons. The van der Waals surface area contributed by atoms with E-state index in [4.69, 9.17) is 9.47 Å². The molecule has 7 heteroatoms. The van der Waals surface area contributed by atoms with Crippen LogP contribution in [0.5, 0.6) is 0 Å². The van der Waals surface area contributed by atoms with Gasteiger partial charge in [0.05, 0.1) is 6.10 Å². The van der Waals surface area contributed by atoms with Gasteiger partial charge < -0.3 is 19.7 Å². The Hall–Kier alpha value is -1.73. The van der Waals surface area contributed by atoms with E-state index in [0.717, 1.165) is 64.1 Å². The fraction of sp³-hybridized carbons (Fsp3) is 0.650. The number of benzene rings is 1. The maximum Gasteiger partial charge on any atom is 0.193 e. The number of hydrogen-bond acceptors (Lipinski definition) is 3. The van der Waals surface area contributed by atoms with E-state index in [-0.39, 0.29) is 6.10 Å². The standard InChI is InChI=1S/C20H31F2N3O2/c1-3-23-20(24-10-7-16-5-6-17(21)15-19(16)22)25-11-8-18(9-12-25)27-14-4-13-26-2/h5-6,15,18H,3-4,7-14H2,1-2H3,(H,23,24). The van der Waals surface area contributed by atoms with Crippen LogP contribution in [0.25, 0.3) is 0 Å². The second-order valence-corrected chi connectivity index (χ2v) is 6.62. The van der Waals surface area contributed by atoms with Crippen LogP contribution in [0.4, 0.5) is 8.78 Å². The highest BCUT2D eigenvalue weighted by Gasteiger charge is 2.21. The van der Waals surface area contributed by atoms with Crippen molar-refractivity contribution in [2.45, 2.75) is 38.7 Å². The molecular weight excluding hydrogens is 352 g/mol. The third-order valence-electron chi connectivity index (χ3n) is 4.58. The van der Waals surface area contributed by atoms with Crippen molar-refractivity contribution in [2.24, 2.45) is 4.99 Å². The molecule has 0 bridgehead atoms. The van der Waals surface area contributed by atoms with Gasteiger partial charge in [0, 0.05) is 52.6 Å². The fourth-order valence-corrected chi connectivity index (χ4v) is 3.12. The number of aliphatic imine (C=N–C) groups is 1. The van der Waals surface area contributed by atoms with E-state index in [1.807, 2.05) is 6.92 Å². The van der Waals surface area contributed by atoms with Gasteiger partial charge in [0.2, 0.25) is 0 Å². The Balaban J connectivity index is 1.81. The quantitative estimate of drug-likeness (QED) is 0.405. The van der Waals surface area contributed by atoms with Crippen molar-refractivity contribution in [3.8, 4) is 0 Å². The van der Waals surface area contributed by atoms with E-state index >= 15 is 0 Å². The van der Waals surface area contributed by atoms with E-state index in [1.165, 1.54) is 12.1 Å². The maximum atomic E-state index is 13.7. The van der Waals surface area contributed by atoms with Gasteiger partial charge in [-0.3, -0.25) is 4.99 Å². The van der Waals surface area contributed by atoms with Crippen molar-refractivity contribution in [2.75, 3.05) is 46.5 Å². The summed E-state index contributed by atoms with van der Waals surface area (Å²) in [6.07, 6.45) is 3.57. The highest BCUT2D eigenvalue weighted by molar-refractivity contribution is 5.80. The fourth-order valence-electron chi connectivity index (χ4n) is 3.12. The number of nitrogens with zero attached hydrogens (tertiary/aromatic N) is 2. The zero-order valence-electron chi connectivity index (χ0n) is 16.3. The predicted molar refractivity (Wildman–Crippen MR) is 103 cm³/mol. The van der Waals surface area contributed by atoms with Crippen molar-refractivity contribution in [3.05, 3.63) is 35.4 Å². The molecule has 0 spiro atoms. The number of rotatable bonds is 9. The molecule has 0 atom stereocenters. The zero-order chi connectivity index (χ0) is 19.5. The van der Waals surface area contributed by atoms with E-state index < -0.39 is 11.6 Å². The second kappa shape index (κ2) is 11.9. The van der Waals surface area contributed by atoms with Crippen LogP contribution in [0.1, 0.15) is 31.7 Å². The van der Waals surface area contributed by atoms with Gasteiger partial charge in [-0.15, -0.1) is 0 Å². The molecule has 0 amide bonds. The topological polar surface area (TPSA) is 46.1 Å². The molecule has 1 aromatic rings. The first kappa shape index (κ1) is 21.6. The van der Waals surface area contributed by atoms with Gasteiger partial charge in [0.15, 0.2) is 5.96 Å². The first-order valence-corrected chi connectivity index (χ1v) is 9.71. The molecule has 1 fully saturated rings. The van der Waals surface area contributed by atoms with Crippen LogP contribution < -0.4 is 5.32 Å². The molecule has 27 heavy (non-hydrogen) atoms. The lowest BCUT2D eigenvalue weighted by Gasteiger charge is -2.34. The van der Waals surface area contributed by atoms with Crippen LogP contribution in [0.3, 0.4) is 0 Å². The summed E-state index contributed by atoms with van der Waals surface area (Å²) < 4.78 is 37.7. The van der Waals surface area contributed by atoms with E-state index in [9.17, 15) is 8.78 Å². The third-order valence-corrected chi connectivity index (χ3v) is 4.58. The van der Waals surface area contributed by atoms with Gasteiger partial charge >= 0.3 is 0 Å². The molecule has 0 saturated carbocycles. The van der Waals surface area contributed by atoms with E-state index in [0.29, 0.717) is 18.5 Å². The van der Waals surface area contributed by atoms with Crippen molar-refractivity contribution in [1.82, 2.24) is 10.2 Å². The molecule has 1 aliphatic rings. The summed E-state index contributed by atoms with van der Waals surface area (Å²) in [4.78, 5) is 6.84. The van der Waals surface area contributed by atoms with Crippen LogP contribution in [0.2, 0.25) is 0 Å². The third kappa shape index (κ3) is 7.42. The second-order valence-electron chi connectivity index (χ2n) is 6.62. The number of halogens is 2. The number of hydrogen-bond donors (Lipinski definition) is 1. The SMILES string of the molecule is CCNC(=NCCc1ccc(F)cc1F)N1CCC(OCCCOC)CC1. The minimum atomic E-state index is -0.555. The normalized spacial score (nSPS) is 16.0. The summed E-state index contributed by atoms with van der Waals surface area (Å²) in [5, 5.41) is 3.30. The molecule has 152 valence electrons. The summed E-state index contributed by atoms with van der Waals surface area (Å²) in [6, 6.07) is 3.69. The Morgan fingerprint density at radius 1 is 1.26 bits per heavy atom. The van der Waals surface area contributed by atoms with Crippen LogP contribution in [0, 0.1) is 11.6 Å². The van der Waals surface area contributed by atoms with Gasteiger partial charge in [-0.1, -0.05) is 6.07 Å². The Bertz CT molecular complexity index is 591. The molecule has 0 aromatic heterocycles. The molecule has 1 aromatic carbocycles. The number of nitrogens with one attached hydrogen (secondary N) is 1. The average molecular weight is 383 g/mol. The van der Waals surface area contributed by atoms with Crippen LogP contribution in [-0.2, 0) is 15.9 Å². The molecule has 1 saturated heterocycles. The highest BCUT2D eigenvalue weighted by atomic mass is 19.1. The summed E-state index contributed by atoms with van der Waals surface area (Å²) in [5.74, 6) is -0.222. The van der Waals surface area contributed by atoms with Gasteiger partial charge in [-0.25, -0.2) is 8.78 Å². The van der Waals surface area contributed by atoms with Crippen LogP contribution in [-0.4, -0.2) is 63.5 Å². The van der Waals surface area contributed by atoms with Gasteiger partial charge in [-0.05, 0) is 44.2 Å². The summed E-state index contributed by atoms with van der Waals surface area (Å²) in [6.45, 7) is 6.48. The largest absolute Gasteiger partial charge is 0.385 e. The highest BCUT2D eigenvalue weighted by Crippen LogP contribution is 2.15. The first-order valence-electron chi connectivity index (χ1n) is 9.71. The first-order chi connectivity index (χ1) is 13.1. The molecule has 0 aliphatic carbocycles. The Kier molecular flexibility index (Phi) is 9.48. The number of likely N-dealkylation sites (tertiary alicyclic amines) is 1. The van der Waals surface area contributed by atoms with Crippen molar-refractivity contribution >= 4 is 5.96 Å². The van der Waals surface area contributed by atoms with Gasteiger partial charge in [0.25, 0.3) is 0 Å². The number of ether oxygens (including phenoxy) is 2. The lowest BCUT2D eigenvalue weighted by Crippen LogP contribution is -2.47. The Labute approximate surface area is 160 Å². The molecule has 2 rings (SSSR count). The minimum Gasteiger partial charge on any atom is -0.385 e. The van der Waals surface area contributed by atoms with E-state index in [1.54, 1.807) is 7.11 Å². The smallest absolute Gasteiger partial charge is 0.193 e. The van der Waals surface area contributed by atoms with Crippen molar-refractivity contribution in [1.29, 1.82) is 0 Å². The number of methoxy groups -OCH3 is 1. The molecule has 1 N–H and O–H groups in total. The molecule has 0 unspecified atom stereocenters. The Morgan fingerprint density at radius 2 is 2.04 bits per heavy atom. The summed E-state index contributed by atoms with van der Waals surface area (Å²) in [5.41, 5.74) is 0.485. The summed E-state index contributed by atoms with van der Waals surface area (Å²) >= 11 is 0. The monoisotopic (exact) mass is 383 g/mol. The molecule has 1 heterocycles. The van der Waals surface area contributed by atoms with E-state index in [2.05, 4.69) is 15.2 Å². The molecular formula is C20H31F2N3O2. The summed E-state index contributed by atoms with van der Waals surface area (Å²) in [7, 11) is 1.70. The van der Waals surface area contributed by atoms with Crippen molar-refractivity contribution < 1.29 is 18.3 Å². The van der Waals surface area contributed by atoms with Crippen molar-refractivity contribution in [3.63, 3.8) is 0 Å². The van der Waals surface area contributed by atoms with Gasteiger partial charge in [-0.2, -0.15) is 0 Å². The zero-order valence-corrected chi connectivity index (χ0v) is 16.3. The van der Waals surface area contributed by atoms with Gasteiger partial charge in [0.1, 0.15) is 11.6 Å². The van der Waals surface area contributed by atoms with Crippen LogP contribution in [0.15, 0.2) is 23.2 Å². The lowest BCUT2D eigenvalue weighted by atomic mass is 10.1. The average Bonchev–Trinajstić information content (AvgIpc) is 2.67. The minimum absolute atomic E-state index is 0.286. The molecule has 1 aliphatic heterocycles.